The van der Waals surface area contributed by atoms with E-state index in [2.05, 4.69) is 21.2 Å². The second-order valence-corrected chi connectivity index (χ2v) is 12.4. The van der Waals surface area contributed by atoms with Gasteiger partial charge in [0.2, 0.25) is 21.8 Å². The molecule has 8 nitrogen and oxygen atoms in total. The van der Waals surface area contributed by atoms with Gasteiger partial charge >= 0.3 is 0 Å². The molecule has 0 saturated heterocycles. The fraction of sp³-hybridized carbons (Fsp3) is 0.355. The van der Waals surface area contributed by atoms with E-state index in [9.17, 15) is 18.0 Å². The van der Waals surface area contributed by atoms with Gasteiger partial charge in [-0.1, -0.05) is 70.5 Å². The molecule has 3 rings (SSSR count). The van der Waals surface area contributed by atoms with Gasteiger partial charge in [0.05, 0.1) is 18.6 Å². The third-order valence-corrected chi connectivity index (χ3v) is 8.12. The van der Waals surface area contributed by atoms with E-state index >= 15 is 0 Å². The minimum Gasteiger partial charge on any atom is -0.492 e. The van der Waals surface area contributed by atoms with Crippen LogP contribution in [0.25, 0.3) is 0 Å². The number of benzene rings is 3. The van der Waals surface area contributed by atoms with Crippen LogP contribution in [0.3, 0.4) is 0 Å². The van der Waals surface area contributed by atoms with Gasteiger partial charge in [-0.3, -0.25) is 13.9 Å². The largest absolute Gasteiger partial charge is 0.492 e. The third-order valence-electron chi connectivity index (χ3n) is 6.45. The average molecular weight is 645 g/mol. The Morgan fingerprint density at radius 3 is 2.29 bits per heavy atom. The second kappa shape index (κ2) is 15.6. The van der Waals surface area contributed by atoms with Gasteiger partial charge in [0.1, 0.15) is 11.8 Å². The summed E-state index contributed by atoms with van der Waals surface area (Å²) in [6.45, 7) is 4.82. The van der Waals surface area contributed by atoms with Gasteiger partial charge in [0.25, 0.3) is 0 Å². The summed E-state index contributed by atoms with van der Waals surface area (Å²) in [5.41, 5.74) is 2.24. The van der Waals surface area contributed by atoms with E-state index in [0.29, 0.717) is 31.0 Å². The van der Waals surface area contributed by atoms with E-state index in [-0.39, 0.29) is 37.7 Å². The van der Waals surface area contributed by atoms with Crippen LogP contribution in [0.1, 0.15) is 37.8 Å². The molecule has 0 spiro atoms. The molecule has 0 aromatic heterocycles. The number of para-hydroxylation sites is 2. The molecule has 0 radical (unpaired) electrons. The number of hydrogen-bond acceptors (Lipinski definition) is 5. The zero-order valence-corrected chi connectivity index (χ0v) is 26.2. The number of sulfonamides is 1. The highest BCUT2D eigenvalue weighted by Crippen LogP contribution is 2.30. The van der Waals surface area contributed by atoms with Crippen molar-refractivity contribution in [3.8, 4) is 5.75 Å². The molecule has 0 unspecified atom stereocenters. The number of ether oxygens (including phenoxy) is 1. The predicted molar refractivity (Wildman–Crippen MR) is 166 cm³/mol. The molecular weight excluding hydrogens is 606 g/mol. The molecule has 0 heterocycles. The molecule has 3 aromatic carbocycles. The van der Waals surface area contributed by atoms with Gasteiger partial charge in [-0.2, -0.15) is 0 Å². The highest BCUT2D eigenvalue weighted by atomic mass is 79.9. The molecule has 0 bridgehead atoms. The molecule has 220 valence electrons. The molecule has 0 fully saturated rings. The molecule has 0 saturated carbocycles. The van der Waals surface area contributed by atoms with Crippen molar-refractivity contribution in [3.63, 3.8) is 0 Å². The zero-order valence-electron chi connectivity index (χ0n) is 23.8. The van der Waals surface area contributed by atoms with Crippen molar-refractivity contribution in [1.82, 2.24) is 10.2 Å². The maximum absolute atomic E-state index is 13.9. The van der Waals surface area contributed by atoms with E-state index in [1.165, 1.54) is 4.31 Å². The average Bonchev–Trinajstić information content (AvgIpc) is 2.93. The number of carbonyl (C=O) groups excluding carboxylic acids is 2. The van der Waals surface area contributed by atoms with Crippen LogP contribution < -0.4 is 14.4 Å². The van der Waals surface area contributed by atoms with Gasteiger partial charge < -0.3 is 15.0 Å². The van der Waals surface area contributed by atoms with Crippen molar-refractivity contribution in [1.29, 1.82) is 0 Å². The monoisotopic (exact) mass is 643 g/mol. The minimum atomic E-state index is -3.65. The second-order valence-electron chi connectivity index (χ2n) is 9.59. The molecular formula is C31H38BrN3O5S. The summed E-state index contributed by atoms with van der Waals surface area (Å²) in [6.07, 6.45) is 1.81. The predicted octanol–water partition coefficient (Wildman–Crippen LogP) is 5.17. The summed E-state index contributed by atoms with van der Waals surface area (Å²) >= 11 is 3.49. The molecule has 0 aliphatic carbocycles. The van der Waals surface area contributed by atoms with Crippen LogP contribution in [0.4, 0.5) is 5.69 Å². The van der Waals surface area contributed by atoms with Crippen molar-refractivity contribution in [2.75, 3.05) is 30.3 Å². The summed E-state index contributed by atoms with van der Waals surface area (Å²) in [6, 6.07) is 23.4. The number of likely N-dealkylation sites (N-methyl/N-ethyl adjacent to an activating group) is 1. The van der Waals surface area contributed by atoms with Gasteiger partial charge in [-0.25, -0.2) is 8.42 Å². The third kappa shape index (κ3) is 9.60. The summed E-state index contributed by atoms with van der Waals surface area (Å²) < 4.78 is 33.3. The Morgan fingerprint density at radius 2 is 1.63 bits per heavy atom. The molecule has 1 N–H and O–H groups in total. The first-order valence-corrected chi connectivity index (χ1v) is 16.3. The number of nitrogens with one attached hydrogen (secondary N) is 1. The van der Waals surface area contributed by atoms with Crippen LogP contribution >= 0.6 is 15.9 Å². The highest BCUT2D eigenvalue weighted by molar-refractivity contribution is 9.10. The Hall–Kier alpha value is -3.37. The maximum atomic E-state index is 13.9. The Bertz CT molecular complexity index is 1400. The summed E-state index contributed by atoms with van der Waals surface area (Å²) in [5.74, 6) is -0.00555. The van der Waals surface area contributed by atoms with E-state index < -0.39 is 16.1 Å². The van der Waals surface area contributed by atoms with Crippen molar-refractivity contribution in [2.45, 2.75) is 45.7 Å². The first-order valence-electron chi connectivity index (χ1n) is 13.7. The number of nitrogens with zero attached hydrogens (tertiary/aromatic N) is 2. The Balaban J connectivity index is 1.88. The molecule has 0 aliphatic rings. The van der Waals surface area contributed by atoms with E-state index in [0.717, 1.165) is 21.9 Å². The number of carbonyl (C=O) groups is 2. The summed E-state index contributed by atoms with van der Waals surface area (Å²) in [5, 5.41) is 2.89. The Labute approximate surface area is 251 Å². The fourth-order valence-electron chi connectivity index (χ4n) is 4.60. The molecule has 2 amide bonds. The molecule has 3 aromatic rings. The van der Waals surface area contributed by atoms with Crippen molar-refractivity contribution in [3.05, 3.63) is 94.5 Å². The normalized spacial score (nSPS) is 11.9. The van der Waals surface area contributed by atoms with E-state index in [4.69, 9.17) is 4.74 Å². The number of amides is 2. The Morgan fingerprint density at radius 1 is 0.951 bits per heavy atom. The van der Waals surface area contributed by atoms with E-state index in [1.54, 1.807) is 29.2 Å². The van der Waals surface area contributed by atoms with Crippen molar-refractivity contribution < 1.29 is 22.7 Å². The van der Waals surface area contributed by atoms with Crippen LogP contribution in [0.2, 0.25) is 0 Å². The number of rotatable bonds is 15. The lowest BCUT2D eigenvalue weighted by Crippen LogP contribution is -2.50. The summed E-state index contributed by atoms with van der Waals surface area (Å²) in [7, 11) is -3.65. The molecule has 10 heteroatoms. The first kappa shape index (κ1) is 32.1. The van der Waals surface area contributed by atoms with Crippen molar-refractivity contribution in [2.24, 2.45) is 0 Å². The van der Waals surface area contributed by atoms with Crippen LogP contribution in [0, 0.1) is 0 Å². The lowest BCUT2D eigenvalue weighted by Gasteiger charge is -2.32. The molecule has 0 aliphatic heterocycles. The first-order chi connectivity index (χ1) is 19.6. The van der Waals surface area contributed by atoms with Gasteiger partial charge in [-0.15, -0.1) is 0 Å². The standard InChI is InChI=1S/C31H38BrN3O5S/c1-4-33-31(37)28(22-24-13-7-6-8-14-24)34(23-25-15-11-16-26(32)21-25)30(36)19-12-20-35(41(3,38)39)27-17-9-10-18-29(27)40-5-2/h6-11,13-18,21,28H,4-5,12,19-20,22-23H2,1-3H3,(H,33,37)/t28-/m0/s1. The van der Waals surface area contributed by atoms with Crippen molar-refractivity contribution >= 4 is 43.5 Å². The topological polar surface area (TPSA) is 96.0 Å². The van der Waals surface area contributed by atoms with Gasteiger partial charge in [0.15, 0.2) is 0 Å². The van der Waals surface area contributed by atoms with Gasteiger partial charge in [-0.05, 0) is 55.7 Å². The number of hydrogen-bond donors (Lipinski definition) is 1. The quantitative estimate of drug-likeness (QED) is 0.247. The lowest BCUT2D eigenvalue weighted by atomic mass is 10.0. The van der Waals surface area contributed by atoms with Crippen LogP contribution in [0.5, 0.6) is 5.75 Å². The Kier molecular flexibility index (Phi) is 12.2. The van der Waals surface area contributed by atoms with Gasteiger partial charge in [0, 0.05) is 36.9 Å². The maximum Gasteiger partial charge on any atom is 0.243 e. The number of halogens is 1. The minimum absolute atomic E-state index is 0.0571. The molecule has 41 heavy (non-hydrogen) atoms. The van der Waals surface area contributed by atoms with Crippen LogP contribution in [-0.2, 0) is 32.6 Å². The smallest absolute Gasteiger partial charge is 0.243 e. The SMILES string of the molecule is CCNC(=O)[C@H](Cc1ccccc1)N(Cc1cccc(Br)c1)C(=O)CCCN(c1ccccc1OCC)S(C)(=O)=O. The number of anilines is 1. The van der Waals surface area contributed by atoms with Crippen LogP contribution in [0.15, 0.2) is 83.3 Å². The highest BCUT2D eigenvalue weighted by Gasteiger charge is 2.30. The van der Waals surface area contributed by atoms with E-state index in [1.807, 2.05) is 68.4 Å². The zero-order chi connectivity index (χ0) is 29.8. The lowest BCUT2D eigenvalue weighted by molar-refractivity contribution is -0.141. The fourth-order valence-corrected chi connectivity index (χ4v) is 6.02. The molecule has 1 atom stereocenters. The summed E-state index contributed by atoms with van der Waals surface area (Å²) in [4.78, 5) is 28.8. The van der Waals surface area contributed by atoms with Crippen LogP contribution in [-0.4, -0.2) is 57.1 Å².